The lowest BCUT2D eigenvalue weighted by Crippen LogP contribution is -2.35. The monoisotopic (exact) mass is 214 g/mol. The molecule has 1 spiro atoms. The van der Waals surface area contributed by atoms with E-state index in [1.807, 2.05) is 11.8 Å². The molecule has 2 fully saturated rings. The van der Waals surface area contributed by atoms with Crippen LogP contribution in [0.5, 0.6) is 0 Å². The van der Waals surface area contributed by atoms with Gasteiger partial charge in [0.25, 0.3) is 0 Å². The van der Waals surface area contributed by atoms with Gasteiger partial charge in [0.15, 0.2) is 0 Å². The summed E-state index contributed by atoms with van der Waals surface area (Å²) < 4.78 is 0.113. The molecule has 0 radical (unpaired) electrons. The minimum absolute atomic E-state index is 0.0643. The number of rotatable bonds is 1. The summed E-state index contributed by atoms with van der Waals surface area (Å²) in [7, 11) is 0. The number of aliphatic carboxylic acids is 1. The van der Waals surface area contributed by atoms with E-state index in [0.717, 1.165) is 25.0 Å². The summed E-state index contributed by atoms with van der Waals surface area (Å²) in [6.07, 6.45) is 8.22. The maximum atomic E-state index is 11.2. The Morgan fingerprint density at radius 2 is 1.86 bits per heavy atom. The van der Waals surface area contributed by atoms with E-state index in [9.17, 15) is 9.90 Å². The predicted molar refractivity (Wildman–Crippen MR) is 58.6 cm³/mol. The Bertz CT molecular complexity index is 219. The van der Waals surface area contributed by atoms with Crippen molar-refractivity contribution in [3.8, 4) is 0 Å². The molecule has 0 bridgehead atoms. The van der Waals surface area contributed by atoms with Gasteiger partial charge >= 0.3 is 5.97 Å². The van der Waals surface area contributed by atoms with Crippen molar-refractivity contribution in [2.45, 2.75) is 49.7 Å². The molecule has 1 heterocycles. The number of carbonyl (C=O) groups is 1. The van der Waals surface area contributed by atoms with Gasteiger partial charge in [0.05, 0.1) is 5.92 Å². The van der Waals surface area contributed by atoms with Crippen LogP contribution in [-0.4, -0.2) is 21.6 Å². The fraction of sp³-hybridized carbons (Fsp3) is 0.909. The Kier molecular flexibility index (Phi) is 3.05. The first kappa shape index (κ1) is 10.3. The van der Waals surface area contributed by atoms with Crippen molar-refractivity contribution in [3.05, 3.63) is 0 Å². The van der Waals surface area contributed by atoms with E-state index in [-0.39, 0.29) is 10.7 Å². The van der Waals surface area contributed by atoms with Crippen LogP contribution in [0.3, 0.4) is 0 Å². The smallest absolute Gasteiger partial charge is 0.307 e. The Hall–Kier alpha value is -0.180. The summed E-state index contributed by atoms with van der Waals surface area (Å²) in [5.74, 6) is 0.430. The normalized spacial score (nSPS) is 31.6. The quantitative estimate of drug-likeness (QED) is 0.729. The summed E-state index contributed by atoms with van der Waals surface area (Å²) >= 11 is 1.93. The molecule has 1 saturated heterocycles. The lowest BCUT2D eigenvalue weighted by atomic mass is 9.84. The topological polar surface area (TPSA) is 37.3 Å². The van der Waals surface area contributed by atoms with E-state index in [1.165, 1.54) is 25.7 Å². The SMILES string of the molecule is O=C(O)C1CCSC12CCCCCC2. The Morgan fingerprint density at radius 1 is 1.21 bits per heavy atom. The number of hydrogen-bond acceptors (Lipinski definition) is 2. The molecule has 14 heavy (non-hydrogen) atoms. The van der Waals surface area contributed by atoms with Crippen molar-refractivity contribution in [2.24, 2.45) is 5.92 Å². The van der Waals surface area contributed by atoms with Crippen LogP contribution in [0.2, 0.25) is 0 Å². The average molecular weight is 214 g/mol. The highest BCUT2D eigenvalue weighted by Crippen LogP contribution is 2.51. The molecule has 1 aliphatic carbocycles. The van der Waals surface area contributed by atoms with E-state index >= 15 is 0 Å². The maximum absolute atomic E-state index is 11.2. The van der Waals surface area contributed by atoms with Gasteiger partial charge in [-0.25, -0.2) is 0 Å². The molecule has 1 saturated carbocycles. The molecule has 2 nitrogen and oxygen atoms in total. The van der Waals surface area contributed by atoms with Crippen molar-refractivity contribution < 1.29 is 9.90 Å². The molecule has 1 N–H and O–H groups in total. The second-order valence-corrected chi connectivity index (χ2v) is 6.02. The van der Waals surface area contributed by atoms with Gasteiger partial charge in [-0.15, -0.1) is 0 Å². The van der Waals surface area contributed by atoms with Gasteiger partial charge in [-0.05, 0) is 25.0 Å². The van der Waals surface area contributed by atoms with Crippen LogP contribution in [0.15, 0.2) is 0 Å². The summed E-state index contributed by atoms with van der Waals surface area (Å²) in [5.41, 5.74) is 0. The van der Waals surface area contributed by atoms with Crippen LogP contribution in [0.25, 0.3) is 0 Å². The van der Waals surface area contributed by atoms with Crippen LogP contribution < -0.4 is 0 Å². The minimum Gasteiger partial charge on any atom is -0.481 e. The lowest BCUT2D eigenvalue weighted by molar-refractivity contribution is -0.142. The van der Waals surface area contributed by atoms with E-state index in [2.05, 4.69) is 0 Å². The third kappa shape index (κ3) is 1.79. The Labute approximate surface area is 89.5 Å². The first-order chi connectivity index (χ1) is 6.75. The molecule has 1 unspecified atom stereocenters. The zero-order chi connectivity index (χ0) is 10.0. The first-order valence-electron chi connectivity index (χ1n) is 5.61. The molecule has 0 aromatic rings. The number of thioether (sulfide) groups is 1. The van der Waals surface area contributed by atoms with Gasteiger partial charge in [0, 0.05) is 4.75 Å². The van der Waals surface area contributed by atoms with Gasteiger partial charge in [0.1, 0.15) is 0 Å². The molecule has 1 atom stereocenters. The largest absolute Gasteiger partial charge is 0.481 e. The molecule has 3 heteroatoms. The van der Waals surface area contributed by atoms with Gasteiger partial charge in [-0.2, -0.15) is 11.8 Å². The molecule has 80 valence electrons. The third-order valence-corrected chi connectivity index (χ3v) is 5.39. The highest BCUT2D eigenvalue weighted by molar-refractivity contribution is 8.01. The molecule has 0 aromatic carbocycles. The summed E-state index contributed by atoms with van der Waals surface area (Å²) in [5, 5.41) is 9.21. The molecule has 1 aliphatic heterocycles. The Morgan fingerprint density at radius 3 is 2.43 bits per heavy atom. The van der Waals surface area contributed by atoms with Crippen LogP contribution in [0.1, 0.15) is 44.9 Å². The molecular weight excluding hydrogens is 196 g/mol. The summed E-state index contributed by atoms with van der Waals surface area (Å²) in [4.78, 5) is 11.2. The Balaban J connectivity index is 2.14. The average Bonchev–Trinajstić information content (AvgIpc) is 2.39. The fourth-order valence-corrected chi connectivity index (χ4v) is 4.67. The second kappa shape index (κ2) is 4.13. The molecule has 0 amide bonds. The number of carboxylic acid groups (broad SMARTS) is 1. The summed E-state index contributed by atoms with van der Waals surface area (Å²) in [6, 6.07) is 0. The van der Waals surface area contributed by atoms with Crippen molar-refractivity contribution in [1.29, 1.82) is 0 Å². The van der Waals surface area contributed by atoms with E-state index in [0.29, 0.717) is 0 Å². The molecule has 0 aromatic heterocycles. The maximum Gasteiger partial charge on any atom is 0.307 e. The van der Waals surface area contributed by atoms with Gasteiger partial charge in [0.2, 0.25) is 0 Å². The molecule has 2 rings (SSSR count). The van der Waals surface area contributed by atoms with Crippen LogP contribution in [0.4, 0.5) is 0 Å². The van der Waals surface area contributed by atoms with Crippen molar-refractivity contribution in [3.63, 3.8) is 0 Å². The van der Waals surface area contributed by atoms with Crippen molar-refractivity contribution in [2.75, 3.05) is 5.75 Å². The lowest BCUT2D eigenvalue weighted by Gasteiger charge is -2.31. The number of hydrogen-bond donors (Lipinski definition) is 1. The third-order valence-electron chi connectivity index (χ3n) is 3.68. The second-order valence-electron chi connectivity index (χ2n) is 4.51. The minimum atomic E-state index is -0.558. The summed E-state index contributed by atoms with van der Waals surface area (Å²) in [6.45, 7) is 0. The highest BCUT2D eigenvalue weighted by Gasteiger charge is 2.47. The van der Waals surface area contributed by atoms with Crippen molar-refractivity contribution in [1.82, 2.24) is 0 Å². The van der Waals surface area contributed by atoms with Gasteiger partial charge in [-0.1, -0.05) is 25.7 Å². The standard InChI is InChI=1S/C11H18O2S/c12-10(13)9-5-8-14-11(9)6-3-1-2-4-7-11/h9H,1-8H2,(H,12,13). The highest BCUT2D eigenvalue weighted by atomic mass is 32.2. The zero-order valence-electron chi connectivity index (χ0n) is 8.50. The van der Waals surface area contributed by atoms with E-state index < -0.39 is 5.97 Å². The fourth-order valence-electron chi connectivity index (χ4n) is 2.91. The first-order valence-corrected chi connectivity index (χ1v) is 6.60. The van der Waals surface area contributed by atoms with Crippen molar-refractivity contribution >= 4 is 17.7 Å². The predicted octanol–water partition coefficient (Wildman–Crippen LogP) is 2.92. The van der Waals surface area contributed by atoms with Crippen LogP contribution >= 0.6 is 11.8 Å². The van der Waals surface area contributed by atoms with Crippen LogP contribution in [0, 0.1) is 5.92 Å². The van der Waals surface area contributed by atoms with E-state index in [1.54, 1.807) is 0 Å². The van der Waals surface area contributed by atoms with Gasteiger partial charge in [-0.3, -0.25) is 4.79 Å². The van der Waals surface area contributed by atoms with Gasteiger partial charge < -0.3 is 5.11 Å². The van der Waals surface area contributed by atoms with Crippen LogP contribution in [-0.2, 0) is 4.79 Å². The van der Waals surface area contributed by atoms with E-state index in [4.69, 9.17) is 0 Å². The molecular formula is C11H18O2S. The number of carboxylic acids is 1. The molecule has 2 aliphatic rings. The zero-order valence-corrected chi connectivity index (χ0v) is 9.31.